The maximum Gasteiger partial charge on any atom is 0.123 e. The van der Waals surface area contributed by atoms with Crippen molar-refractivity contribution >= 4 is 0 Å². The molecule has 1 aliphatic heterocycles. The van der Waals surface area contributed by atoms with Crippen LogP contribution in [0.15, 0.2) is 18.2 Å². The second kappa shape index (κ2) is 5.19. The maximum absolute atomic E-state index is 13.2. The first-order valence-electron chi connectivity index (χ1n) is 6.87. The molecule has 1 N–H and O–H groups in total. The van der Waals surface area contributed by atoms with Crippen LogP contribution in [0.25, 0.3) is 0 Å². The summed E-state index contributed by atoms with van der Waals surface area (Å²) in [6, 6.07) is 5.41. The van der Waals surface area contributed by atoms with Crippen molar-refractivity contribution in [3.63, 3.8) is 0 Å². The van der Waals surface area contributed by atoms with Crippen LogP contribution in [0.3, 0.4) is 0 Å². The monoisotopic (exact) mass is 265 g/mol. The Morgan fingerprint density at radius 2 is 2.42 bits per heavy atom. The normalized spacial score (nSPS) is 29.7. The van der Waals surface area contributed by atoms with Gasteiger partial charge in [-0.3, -0.25) is 0 Å². The molecule has 1 fully saturated rings. The molecule has 2 unspecified atom stereocenters. The van der Waals surface area contributed by atoms with E-state index in [9.17, 15) is 4.39 Å². The smallest absolute Gasteiger partial charge is 0.123 e. The van der Waals surface area contributed by atoms with Gasteiger partial charge in [0.05, 0.1) is 6.61 Å². The molecule has 4 heteroatoms. The molecule has 1 heterocycles. The van der Waals surface area contributed by atoms with Crippen molar-refractivity contribution in [3.05, 3.63) is 35.1 Å². The number of fused-ring (bicyclic) bond motifs is 1. The van der Waals surface area contributed by atoms with Crippen LogP contribution in [0.2, 0.25) is 0 Å². The Morgan fingerprint density at radius 3 is 3.16 bits per heavy atom. The summed E-state index contributed by atoms with van der Waals surface area (Å²) >= 11 is 0. The fourth-order valence-electron chi connectivity index (χ4n) is 3.07. The van der Waals surface area contributed by atoms with E-state index in [0.29, 0.717) is 12.6 Å². The third-order valence-electron chi connectivity index (χ3n) is 4.35. The van der Waals surface area contributed by atoms with Gasteiger partial charge in [0.25, 0.3) is 0 Å². The second-order valence-electron chi connectivity index (χ2n) is 5.51. The highest BCUT2D eigenvalue weighted by atomic mass is 19.1. The largest absolute Gasteiger partial charge is 0.378 e. The number of nitrogens with one attached hydrogen (secondary N) is 1. The summed E-state index contributed by atoms with van der Waals surface area (Å²) in [5, 5.41) is 3.56. The topological polar surface area (TPSA) is 30.5 Å². The predicted octanol–water partition coefficient (Wildman–Crippen LogP) is 2.21. The Hall–Kier alpha value is -0.970. The van der Waals surface area contributed by atoms with Gasteiger partial charge in [-0.1, -0.05) is 6.07 Å². The maximum atomic E-state index is 13.2. The Morgan fingerprint density at radius 1 is 1.53 bits per heavy atom. The minimum Gasteiger partial charge on any atom is -0.378 e. The average Bonchev–Trinajstić information content (AvgIpc) is 3.03. The van der Waals surface area contributed by atoms with Crippen LogP contribution in [0.4, 0.5) is 4.39 Å². The summed E-state index contributed by atoms with van der Waals surface area (Å²) in [4.78, 5) is 0. The van der Waals surface area contributed by atoms with Gasteiger partial charge in [0.1, 0.15) is 11.4 Å². The van der Waals surface area contributed by atoms with Gasteiger partial charge >= 0.3 is 0 Å². The van der Waals surface area contributed by atoms with Crippen LogP contribution in [-0.2, 0) is 15.9 Å². The molecule has 1 aromatic rings. The molecule has 3 rings (SSSR count). The van der Waals surface area contributed by atoms with Crippen molar-refractivity contribution in [1.82, 2.24) is 5.32 Å². The summed E-state index contributed by atoms with van der Waals surface area (Å²) in [5.74, 6) is -0.142. The molecule has 0 amide bonds. The van der Waals surface area contributed by atoms with Gasteiger partial charge in [-0.15, -0.1) is 0 Å². The number of halogens is 1. The lowest BCUT2D eigenvalue weighted by molar-refractivity contribution is -0.0175. The van der Waals surface area contributed by atoms with Gasteiger partial charge in [0.2, 0.25) is 0 Å². The second-order valence-corrected chi connectivity index (χ2v) is 5.51. The third-order valence-corrected chi connectivity index (χ3v) is 4.35. The molecule has 0 aromatic heterocycles. The lowest BCUT2D eigenvalue weighted by atomic mass is 10.0. The highest BCUT2D eigenvalue weighted by molar-refractivity contribution is 5.35. The highest BCUT2D eigenvalue weighted by Gasteiger charge is 2.36. The summed E-state index contributed by atoms with van der Waals surface area (Å²) in [5.41, 5.74) is 2.17. The lowest BCUT2D eigenvalue weighted by Gasteiger charge is -2.28. The minimum atomic E-state index is -0.192. The summed E-state index contributed by atoms with van der Waals surface area (Å²) in [6.07, 6.45) is 2.90. The van der Waals surface area contributed by atoms with Crippen molar-refractivity contribution in [3.8, 4) is 0 Å². The molecule has 3 nitrogen and oxygen atoms in total. The molecular weight excluding hydrogens is 245 g/mol. The number of aryl methyl sites for hydroxylation is 1. The van der Waals surface area contributed by atoms with Crippen LogP contribution in [0.1, 0.15) is 30.0 Å². The zero-order chi connectivity index (χ0) is 13.3. The van der Waals surface area contributed by atoms with Gasteiger partial charge in [-0.25, -0.2) is 4.39 Å². The summed E-state index contributed by atoms with van der Waals surface area (Å²) in [6.45, 7) is 2.20. The van der Waals surface area contributed by atoms with Crippen molar-refractivity contribution in [1.29, 1.82) is 0 Å². The molecule has 19 heavy (non-hydrogen) atoms. The predicted molar refractivity (Wildman–Crippen MR) is 70.6 cm³/mol. The number of methoxy groups -OCH3 is 1. The fourth-order valence-corrected chi connectivity index (χ4v) is 3.07. The number of ether oxygens (including phenoxy) is 2. The number of hydrogen-bond donors (Lipinski definition) is 1. The Kier molecular flexibility index (Phi) is 3.56. The molecule has 0 spiro atoms. The molecule has 104 valence electrons. The van der Waals surface area contributed by atoms with E-state index in [2.05, 4.69) is 5.32 Å². The van der Waals surface area contributed by atoms with E-state index >= 15 is 0 Å². The van der Waals surface area contributed by atoms with Crippen LogP contribution < -0.4 is 5.32 Å². The van der Waals surface area contributed by atoms with Crippen molar-refractivity contribution < 1.29 is 13.9 Å². The van der Waals surface area contributed by atoms with E-state index in [-0.39, 0.29) is 11.4 Å². The summed E-state index contributed by atoms with van der Waals surface area (Å²) in [7, 11) is 1.74. The SMILES string of the molecule is COC1(CNC2CCc3cc(F)ccc32)CCOC1. The van der Waals surface area contributed by atoms with Crippen LogP contribution >= 0.6 is 0 Å². The Labute approximate surface area is 113 Å². The van der Waals surface area contributed by atoms with Gasteiger partial charge in [0.15, 0.2) is 0 Å². The molecule has 0 radical (unpaired) electrons. The van der Waals surface area contributed by atoms with Crippen LogP contribution in [-0.4, -0.2) is 32.5 Å². The molecule has 1 aliphatic carbocycles. The average molecular weight is 265 g/mol. The van der Waals surface area contributed by atoms with Crippen molar-refractivity contribution in [2.24, 2.45) is 0 Å². The summed E-state index contributed by atoms with van der Waals surface area (Å²) < 4.78 is 24.2. The first kappa shape index (κ1) is 13.0. The van der Waals surface area contributed by atoms with E-state index in [1.807, 2.05) is 6.07 Å². The molecule has 2 aliphatic rings. The first-order valence-corrected chi connectivity index (χ1v) is 6.87. The fraction of sp³-hybridized carbons (Fsp3) is 0.600. The molecule has 2 atom stereocenters. The van der Waals surface area contributed by atoms with Gasteiger partial charge in [-0.05, 0) is 36.1 Å². The zero-order valence-electron chi connectivity index (χ0n) is 11.2. The molecule has 0 bridgehead atoms. The van der Waals surface area contributed by atoms with Crippen LogP contribution in [0, 0.1) is 5.82 Å². The Balaban J connectivity index is 1.66. The van der Waals surface area contributed by atoms with E-state index in [4.69, 9.17) is 9.47 Å². The molecule has 1 aromatic carbocycles. The van der Waals surface area contributed by atoms with Gasteiger partial charge in [-0.2, -0.15) is 0 Å². The third kappa shape index (κ3) is 2.53. The molecular formula is C15H20FNO2. The van der Waals surface area contributed by atoms with Gasteiger partial charge in [0, 0.05) is 32.7 Å². The van der Waals surface area contributed by atoms with E-state index in [0.717, 1.165) is 38.0 Å². The lowest BCUT2D eigenvalue weighted by Crippen LogP contribution is -2.43. The van der Waals surface area contributed by atoms with E-state index in [1.165, 1.54) is 5.56 Å². The van der Waals surface area contributed by atoms with Crippen LogP contribution in [0.5, 0.6) is 0 Å². The quantitative estimate of drug-likeness (QED) is 0.905. The van der Waals surface area contributed by atoms with Gasteiger partial charge < -0.3 is 14.8 Å². The molecule has 0 saturated carbocycles. The van der Waals surface area contributed by atoms with E-state index < -0.39 is 0 Å². The van der Waals surface area contributed by atoms with E-state index in [1.54, 1.807) is 19.2 Å². The van der Waals surface area contributed by atoms with Crippen molar-refractivity contribution in [2.75, 3.05) is 26.9 Å². The first-order chi connectivity index (χ1) is 9.22. The zero-order valence-corrected chi connectivity index (χ0v) is 11.2. The Bertz CT molecular complexity index is 457. The standard InChI is InChI=1S/C15H20FNO2/c1-18-15(6-7-19-10-15)9-17-14-5-2-11-8-12(16)3-4-13(11)14/h3-4,8,14,17H,2,5-7,9-10H2,1H3. The molecule has 1 saturated heterocycles. The van der Waals surface area contributed by atoms with Crippen molar-refractivity contribution in [2.45, 2.75) is 30.9 Å². The number of rotatable bonds is 4. The highest BCUT2D eigenvalue weighted by Crippen LogP contribution is 2.32. The minimum absolute atomic E-state index is 0.142. The number of benzene rings is 1. The number of hydrogen-bond acceptors (Lipinski definition) is 3.